The van der Waals surface area contributed by atoms with Crippen molar-refractivity contribution < 1.29 is 0 Å². The van der Waals surface area contributed by atoms with Gasteiger partial charge in [0.05, 0.1) is 5.69 Å². The topological polar surface area (TPSA) is 50.9 Å². The number of pyridine rings is 1. The van der Waals surface area contributed by atoms with Crippen molar-refractivity contribution in [2.45, 2.75) is 12.5 Å². The summed E-state index contributed by atoms with van der Waals surface area (Å²) in [4.78, 5) is 4.03. The highest BCUT2D eigenvalue weighted by Gasteiger charge is 2.15. The van der Waals surface area contributed by atoms with E-state index in [2.05, 4.69) is 10.3 Å². The first-order valence-electron chi connectivity index (χ1n) is 4.41. The Morgan fingerprint density at radius 3 is 3.23 bits per heavy atom. The Bertz CT molecular complexity index is 284. The number of nitrogens with two attached hydrogens (primary N) is 1. The predicted molar refractivity (Wildman–Crippen MR) is 58.0 cm³/mol. The predicted octanol–water partition coefficient (Wildman–Crippen LogP) is 1.58. The van der Waals surface area contributed by atoms with Crippen LogP contribution in [0.2, 0.25) is 0 Å². The van der Waals surface area contributed by atoms with Crippen molar-refractivity contribution in [1.29, 1.82) is 0 Å². The summed E-state index contributed by atoms with van der Waals surface area (Å²) >= 11 is 1.98. The third kappa shape index (κ3) is 2.06. The molecular weight excluding hydrogens is 182 g/mol. The van der Waals surface area contributed by atoms with Gasteiger partial charge in [-0.1, -0.05) is 0 Å². The molecule has 13 heavy (non-hydrogen) atoms. The van der Waals surface area contributed by atoms with E-state index in [1.54, 1.807) is 6.20 Å². The summed E-state index contributed by atoms with van der Waals surface area (Å²) in [7, 11) is 0. The average Bonchev–Trinajstić information content (AvgIpc) is 2.61. The summed E-state index contributed by atoms with van der Waals surface area (Å²) in [5.41, 5.74) is 6.69. The quantitative estimate of drug-likeness (QED) is 0.752. The summed E-state index contributed by atoms with van der Waals surface area (Å²) in [6.45, 7) is 0. The van der Waals surface area contributed by atoms with E-state index in [4.69, 9.17) is 5.73 Å². The van der Waals surface area contributed by atoms with Crippen LogP contribution in [0.1, 0.15) is 6.42 Å². The van der Waals surface area contributed by atoms with Crippen LogP contribution in [-0.2, 0) is 0 Å². The van der Waals surface area contributed by atoms with Gasteiger partial charge in [-0.05, 0) is 24.3 Å². The lowest BCUT2D eigenvalue weighted by Gasteiger charge is -2.13. The summed E-state index contributed by atoms with van der Waals surface area (Å²) in [6, 6.07) is 4.45. The first-order chi connectivity index (χ1) is 6.36. The smallest absolute Gasteiger partial charge is 0.146 e. The van der Waals surface area contributed by atoms with Crippen LogP contribution in [0.3, 0.4) is 0 Å². The van der Waals surface area contributed by atoms with Crippen LogP contribution in [0.15, 0.2) is 18.3 Å². The number of hydrogen-bond acceptors (Lipinski definition) is 4. The van der Waals surface area contributed by atoms with E-state index in [1.807, 2.05) is 23.9 Å². The van der Waals surface area contributed by atoms with E-state index >= 15 is 0 Å². The van der Waals surface area contributed by atoms with Crippen molar-refractivity contribution in [2.75, 3.05) is 22.6 Å². The van der Waals surface area contributed by atoms with Gasteiger partial charge in [0.2, 0.25) is 0 Å². The van der Waals surface area contributed by atoms with E-state index in [9.17, 15) is 0 Å². The zero-order valence-corrected chi connectivity index (χ0v) is 8.18. The van der Waals surface area contributed by atoms with Gasteiger partial charge in [0.15, 0.2) is 0 Å². The molecule has 1 aromatic rings. The molecule has 0 aromatic carbocycles. The van der Waals surface area contributed by atoms with Crippen molar-refractivity contribution in [3.63, 3.8) is 0 Å². The second-order valence-corrected chi connectivity index (χ2v) is 4.29. The first kappa shape index (κ1) is 8.69. The normalized spacial score (nSPS) is 21.7. The fourth-order valence-electron chi connectivity index (χ4n) is 1.41. The fraction of sp³-hybridized carbons (Fsp3) is 0.444. The second-order valence-electron chi connectivity index (χ2n) is 3.14. The monoisotopic (exact) mass is 195 g/mol. The molecule has 2 heterocycles. The maximum atomic E-state index is 5.72. The molecule has 0 saturated carbocycles. The van der Waals surface area contributed by atoms with Gasteiger partial charge in [0, 0.05) is 18.0 Å². The molecule has 3 nitrogen and oxygen atoms in total. The SMILES string of the molecule is Nc1ncccc1NC1CCSC1. The standard InChI is InChI=1S/C9H13N3S/c10-9-8(2-1-4-11-9)12-7-3-5-13-6-7/h1-2,4,7,12H,3,5-6H2,(H2,10,11). The van der Waals surface area contributed by atoms with Crippen LogP contribution in [0.4, 0.5) is 11.5 Å². The van der Waals surface area contributed by atoms with Gasteiger partial charge in [-0.15, -0.1) is 0 Å². The zero-order chi connectivity index (χ0) is 9.10. The molecule has 0 bridgehead atoms. The Kier molecular flexibility index (Phi) is 2.59. The van der Waals surface area contributed by atoms with E-state index < -0.39 is 0 Å². The molecule has 1 unspecified atom stereocenters. The molecule has 1 fully saturated rings. The molecule has 0 amide bonds. The highest BCUT2D eigenvalue weighted by atomic mass is 32.2. The van der Waals surface area contributed by atoms with Crippen LogP contribution in [0, 0.1) is 0 Å². The Labute approximate surface area is 82.1 Å². The molecule has 2 rings (SSSR count). The van der Waals surface area contributed by atoms with Gasteiger partial charge < -0.3 is 11.1 Å². The van der Waals surface area contributed by atoms with Crippen molar-refractivity contribution >= 4 is 23.3 Å². The molecule has 0 aliphatic carbocycles. The third-order valence-electron chi connectivity index (χ3n) is 2.13. The molecule has 0 spiro atoms. The molecule has 1 saturated heterocycles. The minimum absolute atomic E-state index is 0.566. The number of anilines is 2. The second kappa shape index (κ2) is 3.87. The van der Waals surface area contributed by atoms with Gasteiger partial charge in [-0.2, -0.15) is 11.8 Å². The Hall–Kier alpha value is -0.900. The van der Waals surface area contributed by atoms with Gasteiger partial charge in [0.1, 0.15) is 5.82 Å². The lowest BCUT2D eigenvalue weighted by Crippen LogP contribution is -2.19. The maximum absolute atomic E-state index is 5.72. The number of nitrogens with zero attached hydrogens (tertiary/aromatic N) is 1. The van der Waals surface area contributed by atoms with Crippen LogP contribution in [0.5, 0.6) is 0 Å². The maximum Gasteiger partial charge on any atom is 0.146 e. The summed E-state index contributed by atoms with van der Waals surface area (Å²) in [5, 5.41) is 3.40. The van der Waals surface area contributed by atoms with Crippen LogP contribution in [-0.4, -0.2) is 22.5 Å². The molecule has 1 aliphatic heterocycles. The fourth-order valence-corrected chi connectivity index (χ4v) is 2.56. The van der Waals surface area contributed by atoms with E-state index in [0.29, 0.717) is 11.9 Å². The van der Waals surface area contributed by atoms with Crippen LogP contribution >= 0.6 is 11.8 Å². The number of nitrogen functional groups attached to an aromatic ring is 1. The first-order valence-corrected chi connectivity index (χ1v) is 5.56. The van der Waals surface area contributed by atoms with Gasteiger partial charge in [-0.3, -0.25) is 0 Å². The van der Waals surface area contributed by atoms with Crippen molar-refractivity contribution in [3.05, 3.63) is 18.3 Å². The van der Waals surface area contributed by atoms with Crippen LogP contribution < -0.4 is 11.1 Å². The highest BCUT2D eigenvalue weighted by molar-refractivity contribution is 7.99. The minimum atomic E-state index is 0.566. The zero-order valence-electron chi connectivity index (χ0n) is 7.36. The third-order valence-corrected chi connectivity index (χ3v) is 3.29. The lowest BCUT2D eigenvalue weighted by molar-refractivity contribution is 0.813. The number of aromatic nitrogens is 1. The molecular formula is C9H13N3S. The Morgan fingerprint density at radius 2 is 2.54 bits per heavy atom. The van der Waals surface area contributed by atoms with Gasteiger partial charge in [-0.25, -0.2) is 4.98 Å². The molecule has 1 atom stereocenters. The lowest BCUT2D eigenvalue weighted by atomic mass is 10.2. The van der Waals surface area contributed by atoms with E-state index in [1.165, 1.54) is 17.9 Å². The number of hydrogen-bond donors (Lipinski definition) is 2. The largest absolute Gasteiger partial charge is 0.382 e. The van der Waals surface area contributed by atoms with Crippen LogP contribution in [0.25, 0.3) is 0 Å². The van der Waals surface area contributed by atoms with Gasteiger partial charge in [0.25, 0.3) is 0 Å². The molecule has 4 heteroatoms. The van der Waals surface area contributed by atoms with Crippen molar-refractivity contribution in [3.8, 4) is 0 Å². The number of rotatable bonds is 2. The van der Waals surface area contributed by atoms with Crippen molar-refractivity contribution in [1.82, 2.24) is 4.98 Å². The molecule has 1 aromatic heterocycles. The highest BCUT2D eigenvalue weighted by Crippen LogP contribution is 2.23. The Morgan fingerprint density at radius 1 is 1.62 bits per heavy atom. The summed E-state index contributed by atoms with van der Waals surface area (Å²) in [5.74, 6) is 3.02. The molecule has 1 aliphatic rings. The van der Waals surface area contributed by atoms with E-state index in [0.717, 1.165) is 5.69 Å². The minimum Gasteiger partial charge on any atom is -0.382 e. The average molecular weight is 195 g/mol. The van der Waals surface area contributed by atoms with Crippen molar-refractivity contribution in [2.24, 2.45) is 0 Å². The van der Waals surface area contributed by atoms with Gasteiger partial charge >= 0.3 is 0 Å². The Balaban J connectivity index is 2.04. The van der Waals surface area contributed by atoms with E-state index in [-0.39, 0.29) is 0 Å². The molecule has 0 radical (unpaired) electrons. The molecule has 3 N–H and O–H groups in total. The summed E-state index contributed by atoms with van der Waals surface area (Å²) < 4.78 is 0. The number of thioether (sulfide) groups is 1. The summed E-state index contributed by atoms with van der Waals surface area (Å²) in [6.07, 6.45) is 2.93. The molecule has 70 valence electrons. The number of nitrogens with one attached hydrogen (secondary N) is 1.